The van der Waals surface area contributed by atoms with E-state index < -0.39 is 35.9 Å². The van der Waals surface area contributed by atoms with Crippen molar-refractivity contribution < 1.29 is 32.1 Å². The monoisotopic (exact) mass is 387 g/mol. The van der Waals surface area contributed by atoms with Crippen molar-refractivity contribution in [2.75, 3.05) is 7.11 Å². The van der Waals surface area contributed by atoms with E-state index >= 15 is 0 Å². The molecule has 0 saturated carbocycles. The van der Waals surface area contributed by atoms with Crippen LogP contribution in [0.2, 0.25) is 0 Å². The number of halogens is 4. The molecule has 1 unspecified atom stereocenters. The Morgan fingerprint density at radius 1 is 1.15 bits per heavy atom. The highest BCUT2D eigenvalue weighted by Gasteiger charge is 2.57. The third kappa shape index (κ3) is 4.50. The number of hydrogen-bond acceptors (Lipinski definition) is 3. The van der Waals surface area contributed by atoms with Crippen LogP contribution in [-0.4, -0.2) is 24.0 Å². The molecule has 0 spiro atoms. The Labute approximate surface area is 154 Å². The van der Waals surface area contributed by atoms with Gasteiger partial charge in [0, 0.05) is 17.7 Å². The van der Waals surface area contributed by atoms with E-state index in [9.17, 15) is 27.9 Å². The molecule has 27 heavy (non-hydrogen) atoms. The largest absolute Gasteiger partial charge is 0.619 e. The van der Waals surface area contributed by atoms with Crippen LogP contribution in [0.5, 0.6) is 5.75 Å². The third-order valence-electron chi connectivity index (χ3n) is 4.53. The molecular weight excluding hydrogens is 366 g/mol. The lowest BCUT2D eigenvalue weighted by atomic mass is 9.73. The number of nitrogens with zero attached hydrogens (tertiary/aromatic N) is 1. The third-order valence-corrected chi connectivity index (χ3v) is 4.53. The van der Waals surface area contributed by atoms with Gasteiger partial charge in [0.2, 0.25) is 0 Å². The molecule has 2 aromatic rings. The Hall–Kier alpha value is -2.35. The van der Waals surface area contributed by atoms with Crippen LogP contribution < -0.4 is 9.47 Å². The molecule has 1 aromatic heterocycles. The molecule has 0 radical (unpaired) electrons. The first-order valence-electron chi connectivity index (χ1n) is 8.20. The molecule has 0 aliphatic rings. The fraction of sp³-hybridized carbons (Fsp3) is 0.421. The van der Waals surface area contributed by atoms with Gasteiger partial charge in [-0.1, -0.05) is 19.9 Å². The highest BCUT2D eigenvalue weighted by Crippen LogP contribution is 2.44. The van der Waals surface area contributed by atoms with Gasteiger partial charge in [0.15, 0.2) is 17.5 Å². The van der Waals surface area contributed by atoms with Gasteiger partial charge >= 0.3 is 6.18 Å². The predicted octanol–water partition coefficient (Wildman–Crippen LogP) is 3.67. The second-order valence-corrected chi connectivity index (χ2v) is 7.13. The summed E-state index contributed by atoms with van der Waals surface area (Å²) >= 11 is 0. The van der Waals surface area contributed by atoms with Crippen LogP contribution in [0.4, 0.5) is 17.6 Å². The molecule has 2 rings (SSSR count). The zero-order chi connectivity index (χ0) is 20.5. The molecule has 1 heterocycles. The van der Waals surface area contributed by atoms with Gasteiger partial charge in [0.1, 0.15) is 11.6 Å². The van der Waals surface area contributed by atoms with E-state index in [4.69, 9.17) is 4.74 Å². The number of benzene rings is 1. The minimum Gasteiger partial charge on any atom is -0.619 e. The molecule has 8 heteroatoms. The second-order valence-electron chi connectivity index (χ2n) is 7.13. The highest BCUT2D eigenvalue weighted by molar-refractivity contribution is 5.39. The van der Waals surface area contributed by atoms with E-state index in [0.29, 0.717) is 0 Å². The Kier molecular flexibility index (Phi) is 5.70. The van der Waals surface area contributed by atoms with Crippen LogP contribution in [0, 0.1) is 11.0 Å². The summed E-state index contributed by atoms with van der Waals surface area (Å²) in [5.74, 6) is -0.417. The summed E-state index contributed by atoms with van der Waals surface area (Å²) in [4.78, 5) is 0. The van der Waals surface area contributed by atoms with E-state index in [0.717, 1.165) is 18.3 Å². The fourth-order valence-corrected chi connectivity index (χ4v) is 3.20. The molecule has 0 bridgehead atoms. The first-order chi connectivity index (χ1) is 12.4. The van der Waals surface area contributed by atoms with Gasteiger partial charge in [-0.25, -0.2) is 4.39 Å². The summed E-state index contributed by atoms with van der Waals surface area (Å²) in [5.41, 5.74) is -4.53. The van der Waals surface area contributed by atoms with Gasteiger partial charge in [0.25, 0.3) is 0 Å². The molecule has 4 nitrogen and oxygen atoms in total. The minimum atomic E-state index is -5.01. The van der Waals surface area contributed by atoms with E-state index in [1.165, 1.54) is 45.2 Å². The van der Waals surface area contributed by atoms with Crippen molar-refractivity contribution in [3.05, 3.63) is 64.9 Å². The first-order valence-corrected chi connectivity index (χ1v) is 8.20. The molecule has 148 valence electrons. The number of aliphatic hydroxyl groups is 1. The maximum atomic E-state index is 13.8. The summed E-state index contributed by atoms with van der Waals surface area (Å²) in [6.07, 6.45) is -5.67. The van der Waals surface area contributed by atoms with Crippen LogP contribution >= 0.6 is 0 Å². The lowest BCUT2D eigenvalue weighted by Crippen LogP contribution is -2.52. The number of ether oxygens (including phenoxy) is 1. The normalized spacial score (nSPS) is 14.7. The molecule has 0 aliphatic heterocycles. The summed E-state index contributed by atoms with van der Waals surface area (Å²) < 4.78 is 60.4. The smallest absolute Gasteiger partial charge is 0.417 e. The van der Waals surface area contributed by atoms with Crippen LogP contribution in [0.1, 0.15) is 31.5 Å². The number of rotatable bonds is 6. The van der Waals surface area contributed by atoms with Gasteiger partial charge in [0.05, 0.1) is 13.5 Å². The Morgan fingerprint density at radius 3 is 2.37 bits per heavy atom. The standard InChI is InChI=1S/C19H21F4NO3/c1-17(2,15-10-13(20)7-8-16(15)27-3)12-18(25,19(21,22)23)11-14-6-4-5-9-24(14)26/h4-10,25H,11-12H2,1-3H3. The Bertz CT molecular complexity index is 808. The summed E-state index contributed by atoms with van der Waals surface area (Å²) in [7, 11) is 1.33. The zero-order valence-electron chi connectivity index (χ0n) is 15.2. The Morgan fingerprint density at radius 2 is 1.81 bits per heavy atom. The number of hydrogen-bond donors (Lipinski definition) is 1. The van der Waals surface area contributed by atoms with E-state index in [-0.39, 0.29) is 21.7 Å². The van der Waals surface area contributed by atoms with Crippen LogP contribution in [0.25, 0.3) is 0 Å². The fourth-order valence-electron chi connectivity index (χ4n) is 3.20. The lowest BCUT2D eigenvalue weighted by molar-refractivity contribution is -0.615. The number of aromatic nitrogens is 1. The predicted molar refractivity (Wildman–Crippen MR) is 90.7 cm³/mol. The van der Waals surface area contributed by atoms with Gasteiger partial charge in [-0.3, -0.25) is 0 Å². The SMILES string of the molecule is COc1ccc(F)cc1C(C)(C)CC(O)(Cc1cccc[n+]1[O-])C(F)(F)F. The van der Waals surface area contributed by atoms with Crippen molar-refractivity contribution in [3.8, 4) is 5.75 Å². The zero-order valence-corrected chi connectivity index (χ0v) is 15.2. The van der Waals surface area contributed by atoms with Crippen LogP contribution in [-0.2, 0) is 11.8 Å². The topological polar surface area (TPSA) is 56.4 Å². The Balaban J connectivity index is 2.47. The average molecular weight is 387 g/mol. The molecule has 0 fully saturated rings. The molecule has 1 aromatic carbocycles. The van der Waals surface area contributed by atoms with E-state index in [1.807, 2.05) is 0 Å². The van der Waals surface area contributed by atoms with Crippen molar-refractivity contribution in [1.82, 2.24) is 0 Å². The molecule has 1 atom stereocenters. The molecule has 0 amide bonds. The molecule has 0 aliphatic carbocycles. The van der Waals surface area contributed by atoms with Crippen molar-refractivity contribution in [2.24, 2.45) is 0 Å². The summed E-state index contributed by atoms with van der Waals surface area (Å²) in [6.45, 7) is 2.91. The summed E-state index contributed by atoms with van der Waals surface area (Å²) in [6, 6.07) is 7.57. The summed E-state index contributed by atoms with van der Waals surface area (Å²) in [5, 5.41) is 22.3. The number of methoxy groups -OCH3 is 1. The van der Waals surface area contributed by atoms with Crippen molar-refractivity contribution in [1.29, 1.82) is 0 Å². The quantitative estimate of drug-likeness (QED) is 0.468. The molecular formula is C19H21F4NO3. The number of alkyl halides is 3. The van der Waals surface area contributed by atoms with Gasteiger partial charge in [-0.15, -0.1) is 0 Å². The van der Waals surface area contributed by atoms with E-state index in [1.54, 1.807) is 0 Å². The van der Waals surface area contributed by atoms with Crippen LogP contribution in [0.3, 0.4) is 0 Å². The van der Waals surface area contributed by atoms with Gasteiger partial charge in [-0.2, -0.15) is 17.9 Å². The molecule has 0 saturated heterocycles. The van der Waals surface area contributed by atoms with Crippen molar-refractivity contribution in [3.63, 3.8) is 0 Å². The molecule has 1 N–H and O–H groups in total. The van der Waals surface area contributed by atoms with Crippen molar-refractivity contribution >= 4 is 0 Å². The highest BCUT2D eigenvalue weighted by atomic mass is 19.4. The maximum Gasteiger partial charge on any atom is 0.417 e. The van der Waals surface area contributed by atoms with Crippen molar-refractivity contribution in [2.45, 2.75) is 43.9 Å². The lowest BCUT2D eigenvalue weighted by Gasteiger charge is -2.38. The first kappa shape index (κ1) is 21.0. The van der Waals surface area contributed by atoms with E-state index in [2.05, 4.69) is 0 Å². The minimum absolute atomic E-state index is 0.190. The van der Waals surface area contributed by atoms with Crippen LogP contribution in [0.15, 0.2) is 42.6 Å². The number of pyridine rings is 1. The second kappa shape index (κ2) is 7.34. The average Bonchev–Trinajstić information content (AvgIpc) is 2.55. The van der Waals surface area contributed by atoms with Gasteiger partial charge < -0.3 is 15.1 Å². The maximum absolute atomic E-state index is 13.8. The van der Waals surface area contributed by atoms with Gasteiger partial charge in [-0.05, 0) is 30.0 Å².